The largest absolute Gasteiger partial charge is 0.445 e. The highest BCUT2D eigenvalue weighted by Crippen LogP contribution is 2.23. The molecule has 7 nitrogen and oxygen atoms in total. The van der Waals surface area contributed by atoms with Crippen molar-refractivity contribution >= 4 is 17.9 Å². The molecular formula is C20H25N3O4. The van der Waals surface area contributed by atoms with Gasteiger partial charge in [0.1, 0.15) is 6.61 Å². The number of likely N-dealkylation sites (tertiary alicyclic amines) is 1. The lowest BCUT2D eigenvalue weighted by Gasteiger charge is -2.35. The van der Waals surface area contributed by atoms with Gasteiger partial charge < -0.3 is 19.4 Å². The second kappa shape index (κ2) is 8.70. The predicted molar refractivity (Wildman–Crippen MR) is 99.7 cm³/mol. The molecule has 0 N–H and O–H groups in total. The van der Waals surface area contributed by atoms with E-state index in [-0.39, 0.29) is 36.9 Å². The van der Waals surface area contributed by atoms with E-state index in [1.165, 1.54) is 6.08 Å². The van der Waals surface area contributed by atoms with Gasteiger partial charge in [0.15, 0.2) is 0 Å². The number of ether oxygens (including phenoxy) is 1. The number of rotatable bonds is 5. The molecule has 0 spiro atoms. The minimum atomic E-state index is -0.382. The molecule has 3 amide bonds. The third-order valence-corrected chi connectivity index (χ3v) is 4.95. The summed E-state index contributed by atoms with van der Waals surface area (Å²) in [5.74, 6) is -0.289. The van der Waals surface area contributed by atoms with Crippen LogP contribution in [-0.2, 0) is 20.9 Å². The summed E-state index contributed by atoms with van der Waals surface area (Å²) in [5, 5.41) is 0. The van der Waals surface area contributed by atoms with E-state index in [1.54, 1.807) is 14.7 Å². The maximum Gasteiger partial charge on any atom is 0.410 e. The van der Waals surface area contributed by atoms with E-state index < -0.39 is 0 Å². The molecule has 2 fully saturated rings. The summed E-state index contributed by atoms with van der Waals surface area (Å²) in [4.78, 5) is 42.0. The fourth-order valence-electron chi connectivity index (χ4n) is 3.48. The molecule has 0 saturated carbocycles. The highest BCUT2D eigenvalue weighted by Gasteiger charge is 2.37. The van der Waals surface area contributed by atoms with Crippen LogP contribution in [-0.4, -0.2) is 71.9 Å². The maximum absolute atomic E-state index is 12.8. The summed E-state index contributed by atoms with van der Waals surface area (Å²) in [6.45, 7) is 6.49. The number of hydrogen-bond donors (Lipinski definition) is 0. The highest BCUT2D eigenvalue weighted by molar-refractivity contribution is 5.89. The third kappa shape index (κ3) is 4.67. The number of benzene rings is 1. The van der Waals surface area contributed by atoms with Gasteiger partial charge in [0, 0.05) is 45.7 Å². The zero-order valence-corrected chi connectivity index (χ0v) is 15.4. The van der Waals surface area contributed by atoms with E-state index in [9.17, 15) is 14.4 Å². The first-order valence-corrected chi connectivity index (χ1v) is 9.21. The molecule has 27 heavy (non-hydrogen) atoms. The topological polar surface area (TPSA) is 70.2 Å². The van der Waals surface area contributed by atoms with E-state index in [2.05, 4.69) is 6.58 Å². The van der Waals surface area contributed by atoms with Crippen molar-refractivity contribution in [1.29, 1.82) is 0 Å². The summed E-state index contributed by atoms with van der Waals surface area (Å²) >= 11 is 0. The lowest BCUT2D eigenvalue weighted by Crippen LogP contribution is -2.52. The molecule has 1 aromatic carbocycles. The Morgan fingerprint density at radius 2 is 1.78 bits per heavy atom. The molecule has 1 unspecified atom stereocenters. The van der Waals surface area contributed by atoms with E-state index >= 15 is 0 Å². The van der Waals surface area contributed by atoms with Gasteiger partial charge in [-0.2, -0.15) is 0 Å². The molecule has 144 valence electrons. The molecule has 2 saturated heterocycles. The lowest BCUT2D eigenvalue weighted by molar-refractivity contribution is -0.137. The first-order valence-electron chi connectivity index (χ1n) is 9.21. The van der Waals surface area contributed by atoms with E-state index in [4.69, 9.17) is 4.74 Å². The second-order valence-electron chi connectivity index (χ2n) is 6.84. The smallest absolute Gasteiger partial charge is 0.410 e. The molecule has 0 aliphatic carbocycles. The Labute approximate surface area is 159 Å². The first-order chi connectivity index (χ1) is 13.1. The molecule has 1 atom stereocenters. The number of piperazine rings is 1. The molecule has 2 aliphatic heterocycles. The Morgan fingerprint density at radius 3 is 2.44 bits per heavy atom. The lowest BCUT2D eigenvalue weighted by atomic mass is 10.1. The predicted octanol–water partition coefficient (Wildman–Crippen LogP) is 1.50. The van der Waals surface area contributed by atoms with Crippen LogP contribution in [0.3, 0.4) is 0 Å². The van der Waals surface area contributed by atoms with Gasteiger partial charge in [0.2, 0.25) is 11.8 Å². The van der Waals surface area contributed by atoms with Gasteiger partial charge in [-0.05, 0) is 5.56 Å². The fourth-order valence-corrected chi connectivity index (χ4v) is 3.48. The molecule has 7 heteroatoms. The molecule has 2 heterocycles. The SMILES string of the molecule is C=CCOC(=O)N1CCN(C(=O)C2CC(=O)N(Cc3ccccc3)C2)CC1. The molecule has 2 aliphatic rings. The zero-order chi connectivity index (χ0) is 19.2. The Kier molecular flexibility index (Phi) is 6.11. The van der Waals surface area contributed by atoms with Crippen molar-refractivity contribution in [2.45, 2.75) is 13.0 Å². The number of nitrogens with zero attached hydrogens (tertiary/aromatic N) is 3. The van der Waals surface area contributed by atoms with Gasteiger partial charge in [0.05, 0.1) is 5.92 Å². The average Bonchev–Trinajstić information content (AvgIpc) is 3.06. The van der Waals surface area contributed by atoms with E-state index in [0.29, 0.717) is 39.3 Å². The van der Waals surface area contributed by atoms with Crippen LogP contribution in [0.1, 0.15) is 12.0 Å². The Bertz CT molecular complexity index is 698. The second-order valence-corrected chi connectivity index (χ2v) is 6.84. The third-order valence-electron chi connectivity index (χ3n) is 4.95. The van der Waals surface area contributed by atoms with Gasteiger partial charge in [0.25, 0.3) is 0 Å². The Hall–Kier alpha value is -2.83. The Balaban J connectivity index is 1.49. The van der Waals surface area contributed by atoms with Crippen molar-refractivity contribution in [2.24, 2.45) is 5.92 Å². The molecule has 0 aromatic heterocycles. The van der Waals surface area contributed by atoms with Gasteiger partial charge in [-0.15, -0.1) is 0 Å². The monoisotopic (exact) mass is 371 g/mol. The van der Waals surface area contributed by atoms with Crippen LogP contribution in [0.15, 0.2) is 43.0 Å². The van der Waals surface area contributed by atoms with Crippen LogP contribution in [0.2, 0.25) is 0 Å². The van der Waals surface area contributed by atoms with Crippen molar-refractivity contribution in [3.8, 4) is 0 Å². The van der Waals surface area contributed by atoms with Crippen LogP contribution in [0, 0.1) is 5.92 Å². The fraction of sp³-hybridized carbons (Fsp3) is 0.450. The summed E-state index contributed by atoms with van der Waals surface area (Å²) in [7, 11) is 0. The number of carbonyl (C=O) groups is 3. The van der Waals surface area contributed by atoms with E-state index in [1.807, 2.05) is 30.3 Å². The van der Waals surface area contributed by atoms with Crippen LogP contribution in [0.25, 0.3) is 0 Å². The van der Waals surface area contributed by atoms with Crippen molar-refractivity contribution in [3.63, 3.8) is 0 Å². The van der Waals surface area contributed by atoms with E-state index in [0.717, 1.165) is 5.56 Å². The first kappa shape index (κ1) is 18.9. The van der Waals surface area contributed by atoms with Gasteiger partial charge in [-0.3, -0.25) is 9.59 Å². The summed E-state index contributed by atoms with van der Waals surface area (Å²) < 4.78 is 5.03. The molecule has 0 bridgehead atoms. The van der Waals surface area contributed by atoms with Crippen molar-refractivity contribution in [2.75, 3.05) is 39.3 Å². The standard InChI is InChI=1S/C20H25N3O4/c1-2-12-27-20(26)22-10-8-21(9-11-22)19(25)17-13-18(24)23(15-17)14-16-6-4-3-5-7-16/h2-7,17H,1,8-15H2. The highest BCUT2D eigenvalue weighted by atomic mass is 16.6. The van der Waals surface area contributed by atoms with Crippen LogP contribution >= 0.6 is 0 Å². The van der Waals surface area contributed by atoms with Crippen molar-refractivity contribution in [3.05, 3.63) is 48.6 Å². The van der Waals surface area contributed by atoms with Crippen molar-refractivity contribution in [1.82, 2.24) is 14.7 Å². The molecule has 3 rings (SSSR count). The van der Waals surface area contributed by atoms with Crippen LogP contribution in [0.5, 0.6) is 0 Å². The van der Waals surface area contributed by atoms with Gasteiger partial charge >= 0.3 is 6.09 Å². The maximum atomic E-state index is 12.8. The molecular weight excluding hydrogens is 346 g/mol. The van der Waals surface area contributed by atoms with Crippen LogP contribution < -0.4 is 0 Å². The molecule has 1 aromatic rings. The number of amides is 3. The average molecular weight is 371 g/mol. The number of hydrogen-bond acceptors (Lipinski definition) is 4. The van der Waals surface area contributed by atoms with Gasteiger partial charge in [-0.1, -0.05) is 43.0 Å². The summed E-state index contributed by atoms with van der Waals surface area (Å²) in [6, 6.07) is 9.78. The molecule has 0 radical (unpaired) electrons. The quantitative estimate of drug-likeness (QED) is 0.736. The summed E-state index contributed by atoms with van der Waals surface area (Å²) in [5.41, 5.74) is 1.06. The Morgan fingerprint density at radius 1 is 1.11 bits per heavy atom. The minimum absolute atomic E-state index is 0.00183. The number of carbonyl (C=O) groups excluding carboxylic acids is 3. The van der Waals surface area contributed by atoms with Crippen LogP contribution in [0.4, 0.5) is 4.79 Å². The summed E-state index contributed by atoms with van der Waals surface area (Å²) in [6.07, 6.45) is 1.40. The van der Waals surface area contributed by atoms with Gasteiger partial charge in [-0.25, -0.2) is 4.79 Å². The zero-order valence-electron chi connectivity index (χ0n) is 15.4. The normalized spacial score (nSPS) is 19.9. The minimum Gasteiger partial charge on any atom is -0.445 e. The van der Waals surface area contributed by atoms with Crippen molar-refractivity contribution < 1.29 is 19.1 Å².